The average Bonchev–Trinajstić information content (AvgIpc) is 2.94. The van der Waals surface area contributed by atoms with Gasteiger partial charge in [-0.1, -0.05) is 20.8 Å². The molecule has 6 nitrogen and oxygen atoms in total. The summed E-state index contributed by atoms with van der Waals surface area (Å²) < 4.78 is 5.72. The summed E-state index contributed by atoms with van der Waals surface area (Å²) >= 11 is 0. The molecular weight excluding hydrogens is 306 g/mol. The number of carbonyl (C=O) groups excluding carboxylic acids is 2. The minimum Gasteiger partial charge on any atom is -0.443 e. The molecule has 1 saturated heterocycles. The molecule has 1 fully saturated rings. The highest BCUT2D eigenvalue weighted by molar-refractivity contribution is 5.87. The van der Waals surface area contributed by atoms with Crippen LogP contribution in [0.4, 0.5) is 0 Å². The maximum atomic E-state index is 12.6. The zero-order chi connectivity index (χ0) is 17.7. The third-order valence-corrected chi connectivity index (χ3v) is 4.42. The van der Waals surface area contributed by atoms with E-state index in [2.05, 4.69) is 10.3 Å². The quantitative estimate of drug-likeness (QED) is 0.867. The molecule has 6 heteroatoms. The first-order chi connectivity index (χ1) is 11.4. The number of nitrogens with zero attached hydrogens (tertiary/aromatic N) is 2. The van der Waals surface area contributed by atoms with E-state index in [4.69, 9.17) is 4.42 Å². The van der Waals surface area contributed by atoms with Crippen LogP contribution in [-0.4, -0.2) is 34.3 Å². The third kappa shape index (κ3) is 4.36. The molecule has 0 aliphatic carbocycles. The second kappa shape index (κ2) is 8.31. The Morgan fingerprint density at radius 3 is 2.75 bits per heavy atom. The van der Waals surface area contributed by atoms with Gasteiger partial charge in [0.25, 0.3) is 0 Å². The maximum absolute atomic E-state index is 12.6. The first-order valence-electron chi connectivity index (χ1n) is 8.97. The smallest absolute Gasteiger partial charge is 0.243 e. The van der Waals surface area contributed by atoms with Crippen LogP contribution >= 0.6 is 0 Å². The summed E-state index contributed by atoms with van der Waals surface area (Å²) in [4.78, 5) is 30.9. The van der Waals surface area contributed by atoms with Gasteiger partial charge in [0.1, 0.15) is 11.8 Å². The van der Waals surface area contributed by atoms with Gasteiger partial charge in [-0.25, -0.2) is 4.98 Å². The van der Waals surface area contributed by atoms with Crippen molar-refractivity contribution in [3.63, 3.8) is 0 Å². The van der Waals surface area contributed by atoms with Crippen LogP contribution in [0.5, 0.6) is 0 Å². The molecule has 0 aromatic carbocycles. The SMILES string of the molecule is CCCC(=O)N1CCCCC1C(=O)NCc1oc(C(C)C)nc1C. The normalized spacial score (nSPS) is 18.0. The molecule has 1 atom stereocenters. The molecule has 1 N–H and O–H groups in total. The molecule has 2 amide bonds. The summed E-state index contributed by atoms with van der Waals surface area (Å²) in [5.74, 6) is 1.58. The summed E-state index contributed by atoms with van der Waals surface area (Å²) in [5, 5.41) is 2.92. The molecule has 0 saturated carbocycles. The minimum absolute atomic E-state index is 0.0790. The van der Waals surface area contributed by atoms with Gasteiger partial charge >= 0.3 is 0 Å². The van der Waals surface area contributed by atoms with Crippen LogP contribution in [0.1, 0.15) is 76.1 Å². The monoisotopic (exact) mass is 335 g/mol. The zero-order valence-corrected chi connectivity index (χ0v) is 15.2. The first-order valence-corrected chi connectivity index (χ1v) is 8.97. The van der Waals surface area contributed by atoms with E-state index in [1.54, 1.807) is 4.90 Å². The lowest BCUT2D eigenvalue weighted by Crippen LogP contribution is -2.51. The van der Waals surface area contributed by atoms with Gasteiger partial charge in [-0.3, -0.25) is 9.59 Å². The molecule has 0 bridgehead atoms. The van der Waals surface area contributed by atoms with Crippen LogP contribution in [0.25, 0.3) is 0 Å². The molecule has 1 aliphatic rings. The number of piperidine rings is 1. The lowest BCUT2D eigenvalue weighted by molar-refractivity contribution is -0.142. The minimum atomic E-state index is -0.356. The van der Waals surface area contributed by atoms with Crippen molar-refractivity contribution >= 4 is 11.8 Å². The van der Waals surface area contributed by atoms with E-state index >= 15 is 0 Å². The van der Waals surface area contributed by atoms with Crippen molar-refractivity contribution in [1.82, 2.24) is 15.2 Å². The number of carbonyl (C=O) groups is 2. The van der Waals surface area contributed by atoms with Gasteiger partial charge in [-0.15, -0.1) is 0 Å². The average molecular weight is 335 g/mol. The van der Waals surface area contributed by atoms with Crippen molar-refractivity contribution in [2.45, 2.75) is 78.3 Å². The highest BCUT2D eigenvalue weighted by atomic mass is 16.4. The van der Waals surface area contributed by atoms with E-state index in [9.17, 15) is 9.59 Å². The number of oxazole rings is 1. The number of aromatic nitrogens is 1. The standard InChI is InChI=1S/C18H29N3O3/c1-5-8-16(22)21-10-7-6-9-14(21)17(23)19-11-15-13(4)20-18(24-15)12(2)3/h12,14H,5-11H2,1-4H3,(H,19,23). The number of hydrogen-bond acceptors (Lipinski definition) is 4. The molecule has 1 aromatic heterocycles. The van der Waals surface area contributed by atoms with Crippen LogP contribution < -0.4 is 5.32 Å². The lowest BCUT2D eigenvalue weighted by Gasteiger charge is -2.34. The Morgan fingerprint density at radius 1 is 1.38 bits per heavy atom. The number of rotatable bonds is 6. The Hall–Kier alpha value is -1.85. The summed E-state index contributed by atoms with van der Waals surface area (Å²) in [6.07, 6.45) is 3.99. The number of nitrogens with one attached hydrogen (secondary N) is 1. The summed E-state index contributed by atoms with van der Waals surface area (Å²) in [6, 6.07) is -0.356. The van der Waals surface area contributed by atoms with E-state index < -0.39 is 0 Å². The Kier molecular flexibility index (Phi) is 6.40. The Labute approximate surface area is 144 Å². The van der Waals surface area contributed by atoms with E-state index in [0.717, 1.165) is 31.4 Å². The van der Waals surface area contributed by atoms with Crippen LogP contribution in [0.3, 0.4) is 0 Å². The van der Waals surface area contributed by atoms with Crippen molar-refractivity contribution in [1.29, 1.82) is 0 Å². The molecule has 24 heavy (non-hydrogen) atoms. The fraction of sp³-hybridized carbons (Fsp3) is 0.722. The molecular formula is C18H29N3O3. The molecule has 2 rings (SSSR count). The van der Waals surface area contributed by atoms with Gasteiger partial charge in [0.15, 0.2) is 5.89 Å². The maximum Gasteiger partial charge on any atom is 0.243 e. The molecule has 2 heterocycles. The Morgan fingerprint density at radius 2 is 2.12 bits per heavy atom. The Balaban J connectivity index is 1.98. The van der Waals surface area contributed by atoms with Crippen molar-refractivity contribution in [3.05, 3.63) is 17.3 Å². The van der Waals surface area contributed by atoms with E-state index in [0.29, 0.717) is 31.2 Å². The fourth-order valence-corrected chi connectivity index (χ4v) is 3.01. The van der Waals surface area contributed by atoms with Crippen LogP contribution in [-0.2, 0) is 16.1 Å². The summed E-state index contributed by atoms with van der Waals surface area (Å²) in [7, 11) is 0. The highest BCUT2D eigenvalue weighted by Crippen LogP contribution is 2.20. The van der Waals surface area contributed by atoms with Crippen LogP contribution in [0.15, 0.2) is 4.42 Å². The summed E-state index contributed by atoms with van der Waals surface area (Å²) in [6.45, 7) is 8.90. The van der Waals surface area contributed by atoms with Gasteiger partial charge in [0, 0.05) is 18.9 Å². The zero-order valence-electron chi connectivity index (χ0n) is 15.2. The fourth-order valence-electron chi connectivity index (χ4n) is 3.01. The molecule has 1 aromatic rings. The second-order valence-corrected chi connectivity index (χ2v) is 6.78. The van der Waals surface area contributed by atoms with Gasteiger partial charge < -0.3 is 14.6 Å². The molecule has 134 valence electrons. The number of amides is 2. The topological polar surface area (TPSA) is 75.4 Å². The summed E-state index contributed by atoms with van der Waals surface area (Å²) in [5.41, 5.74) is 0.807. The third-order valence-electron chi connectivity index (χ3n) is 4.42. The molecule has 0 spiro atoms. The van der Waals surface area contributed by atoms with Gasteiger partial charge in [0.2, 0.25) is 11.8 Å². The van der Waals surface area contributed by atoms with Crippen molar-refractivity contribution < 1.29 is 14.0 Å². The van der Waals surface area contributed by atoms with Crippen molar-refractivity contribution in [3.8, 4) is 0 Å². The van der Waals surface area contributed by atoms with E-state index in [1.165, 1.54) is 0 Å². The number of aryl methyl sites for hydroxylation is 1. The van der Waals surface area contributed by atoms with Gasteiger partial charge in [-0.2, -0.15) is 0 Å². The lowest BCUT2D eigenvalue weighted by atomic mass is 10.0. The van der Waals surface area contributed by atoms with E-state index in [1.807, 2.05) is 27.7 Å². The number of hydrogen-bond donors (Lipinski definition) is 1. The molecule has 1 unspecified atom stereocenters. The molecule has 1 aliphatic heterocycles. The van der Waals surface area contributed by atoms with Gasteiger partial charge in [0.05, 0.1) is 12.2 Å². The van der Waals surface area contributed by atoms with Gasteiger partial charge in [-0.05, 0) is 32.6 Å². The van der Waals surface area contributed by atoms with E-state index in [-0.39, 0.29) is 23.8 Å². The van der Waals surface area contributed by atoms with Crippen molar-refractivity contribution in [2.24, 2.45) is 0 Å². The predicted octanol–water partition coefficient (Wildman–Crippen LogP) is 2.90. The van der Waals surface area contributed by atoms with Crippen LogP contribution in [0, 0.1) is 6.92 Å². The highest BCUT2D eigenvalue weighted by Gasteiger charge is 2.31. The first kappa shape index (κ1) is 18.5. The largest absolute Gasteiger partial charge is 0.443 e. The molecule has 0 radical (unpaired) electrons. The predicted molar refractivity (Wildman–Crippen MR) is 91.4 cm³/mol. The Bertz CT molecular complexity index is 580. The number of likely N-dealkylation sites (tertiary alicyclic amines) is 1. The van der Waals surface area contributed by atoms with Crippen LogP contribution in [0.2, 0.25) is 0 Å². The van der Waals surface area contributed by atoms with Crippen molar-refractivity contribution in [2.75, 3.05) is 6.54 Å². The second-order valence-electron chi connectivity index (χ2n) is 6.78.